The van der Waals surface area contributed by atoms with E-state index in [1.165, 1.54) is 77.3 Å². The van der Waals surface area contributed by atoms with E-state index in [4.69, 9.17) is 4.74 Å². The molecule has 0 radical (unpaired) electrons. The van der Waals surface area contributed by atoms with Crippen LogP contribution in [0.4, 0.5) is 0 Å². The van der Waals surface area contributed by atoms with E-state index < -0.39 is 0 Å². The summed E-state index contributed by atoms with van der Waals surface area (Å²) in [5, 5.41) is 3.94. The van der Waals surface area contributed by atoms with Gasteiger partial charge in [-0.2, -0.15) is 0 Å². The maximum Gasteiger partial charge on any atom is 0.0586 e. The van der Waals surface area contributed by atoms with Gasteiger partial charge in [-0.25, -0.2) is 0 Å². The predicted octanol–water partition coefficient (Wildman–Crippen LogP) is 2.94. The van der Waals surface area contributed by atoms with Crippen molar-refractivity contribution in [1.82, 2.24) is 10.2 Å². The van der Waals surface area contributed by atoms with Gasteiger partial charge in [0.2, 0.25) is 0 Å². The molecule has 1 saturated heterocycles. The fraction of sp³-hybridized carbons (Fsp3) is 1.00. The van der Waals surface area contributed by atoms with Crippen LogP contribution in [0.15, 0.2) is 0 Å². The van der Waals surface area contributed by atoms with Gasteiger partial charge < -0.3 is 10.1 Å². The maximum atomic E-state index is 5.71. The number of hydrogen-bond acceptors (Lipinski definition) is 3. The predicted molar refractivity (Wildman–Crippen MR) is 85.5 cm³/mol. The number of nitrogens with one attached hydrogen (secondary N) is 1. The first-order valence-corrected chi connectivity index (χ1v) is 9.34. The van der Waals surface area contributed by atoms with Crippen molar-refractivity contribution in [1.29, 1.82) is 0 Å². The Kier molecular flexibility index (Phi) is 4.01. The molecule has 3 atom stereocenters. The van der Waals surface area contributed by atoms with Gasteiger partial charge in [0, 0.05) is 37.8 Å². The van der Waals surface area contributed by atoms with Crippen LogP contribution < -0.4 is 5.32 Å². The number of methoxy groups -OCH3 is 1. The molecule has 0 bridgehead atoms. The van der Waals surface area contributed by atoms with Crippen LogP contribution in [0.5, 0.6) is 0 Å². The third-order valence-corrected chi connectivity index (χ3v) is 6.79. The summed E-state index contributed by atoms with van der Waals surface area (Å²) in [7, 11) is 1.91. The van der Waals surface area contributed by atoms with Crippen LogP contribution >= 0.6 is 0 Å². The van der Waals surface area contributed by atoms with Crippen molar-refractivity contribution < 1.29 is 4.74 Å². The van der Waals surface area contributed by atoms with Crippen molar-refractivity contribution in [2.45, 2.75) is 87.9 Å². The summed E-state index contributed by atoms with van der Waals surface area (Å²) >= 11 is 0. The smallest absolute Gasteiger partial charge is 0.0586 e. The van der Waals surface area contributed by atoms with Crippen LogP contribution in [0.3, 0.4) is 0 Å². The lowest BCUT2D eigenvalue weighted by atomic mass is 9.83. The molecule has 1 heterocycles. The van der Waals surface area contributed by atoms with Gasteiger partial charge in [0.05, 0.1) is 6.10 Å². The number of ether oxygens (including phenoxy) is 1. The van der Waals surface area contributed by atoms with Gasteiger partial charge in [-0.1, -0.05) is 12.8 Å². The van der Waals surface area contributed by atoms with E-state index in [2.05, 4.69) is 10.2 Å². The summed E-state index contributed by atoms with van der Waals surface area (Å²) in [6.07, 6.45) is 14.5. The Morgan fingerprint density at radius 2 is 1.86 bits per heavy atom. The molecule has 21 heavy (non-hydrogen) atoms. The lowest BCUT2D eigenvalue weighted by molar-refractivity contribution is -0.0409. The van der Waals surface area contributed by atoms with Gasteiger partial charge in [0.25, 0.3) is 0 Å². The molecule has 1 N–H and O–H groups in total. The van der Waals surface area contributed by atoms with Gasteiger partial charge >= 0.3 is 0 Å². The van der Waals surface area contributed by atoms with E-state index in [0.717, 1.165) is 18.0 Å². The van der Waals surface area contributed by atoms with Crippen LogP contribution in [0.1, 0.15) is 64.2 Å². The average molecular weight is 292 g/mol. The highest BCUT2D eigenvalue weighted by atomic mass is 16.5. The van der Waals surface area contributed by atoms with Crippen LogP contribution in [-0.4, -0.2) is 48.8 Å². The van der Waals surface area contributed by atoms with E-state index in [1.807, 2.05) is 7.11 Å². The highest BCUT2D eigenvalue weighted by molar-refractivity contribution is 5.06. The largest absolute Gasteiger partial charge is 0.381 e. The zero-order chi connectivity index (χ0) is 14.3. The van der Waals surface area contributed by atoms with Crippen LogP contribution in [0.2, 0.25) is 0 Å². The Labute approximate surface area is 129 Å². The number of hydrogen-bond donors (Lipinski definition) is 1. The van der Waals surface area contributed by atoms with E-state index in [1.54, 1.807) is 0 Å². The Morgan fingerprint density at radius 3 is 2.57 bits per heavy atom. The molecule has 0 aromatic carbocycles. The van der Waals surface area contributed by atoms with E-state index in [9.17, 15) is 0 Å². The topological polar surface area (TPSA) is 24.5 Å². The Morgan fingerprint density at radius 1 is 1.05 bits per heavy atom. The third-order valence-electron chi connectivity index (χ3n) is 6.79. The molecule has 4 fully saturated rings. The van der Waals surface area contributed by atoms with Crippen LogP contribution in [-0.2, 0) is 4.74 Å². The quantitative estimate of drug-likeness (QED) is 0.865. The molecule has 3 heteroatoms. The van der Waals surface area contributed by atoms with Gasteiger partial charge in [-0.3, -0.25) is 4.90 Å². The first kappa shape index (κ1) is 14.5. The molecule has 1 aliphatic heterocycles. The second kappa shape index (κ2) is 5.82. The minimum absolute atomic E-state index is 0.492. The molecule has 3 nitrogen and oxygen atoms in total. The Hall–Kier alpha value is -0.120. The van der Waals surface area contributed by atoms with Crippen molar-refractivity contribution in [2.24, 2.45) is 5.92 Å². The minimum atomic E-state index is 0.492. The lowest BCUT2D eigenvalue weighted by Crippen LogP contribution is -2.67. The molecular weight excluding hydrogens is 260 g/mol. The van der Waals surface area contributed by atoms with Gasteiger partial charge in [-0.05, 0) is 57.3 Å². The molecule has 0 aromatic heterocycles. The monoisotopic (exact) mass is 292 g/mol. The SMILES string of the molecule is COC1CCCC(N2CC(C3CC3)NCC23CCCC3)C1. The Balaban J connectivity index is 1.51. The first-order valence-electron chi connectivity index (χ1n) is 9.34. The zero-order valence-corrected chi connectivity index (χ0v) is 13.7. The third kappa shape index (κ3) is 2.77. The summed E-state index contributed by atoms with van der Waals surface area (Å²) in [6.45, 7) is 2.56. The van der Waals surface area contributed by atoms with Crippen molar-refractivity contribution >= 4 is 0 Å². The highest BCUT2D eigenvalue weighted by Gasteiger charge is 2.49. The first-order chi connectivity index (χ1) is 10.3. The van der Waals surface area contributed by atoms with E-state index >= 15 is 0 Å². The molecule has 120 valence electrons. The Bertz CT molecular complexity index is 362. The van der Waals surface area contributed by atoms with Crippen LogP contribution in [0, 0.1) is 5.92 Å². The number of nitrogens with zero attached hydrogens (tertiary/aromatic N) is 1. The van der Waals surface area contributed by atoms with Crippen molar-refractivity contribution in [3.05, 3.63) is 0 Å². The standard InChI is InChI=1S/C18H32N2O/c1-21-16-6-4-5-15(11-16)20-12-17(14-7-8-14)19-13-18(20)9-2-3-10-18/h14-17,19H,2-13H2,1H3. The highest BCUT2D eigenvalue weighted by Crippen LogP contribution is 2.44. The minimum Gasteiger partial charge on any atom is -0.381 e. The summed E-state index contributed by atoms with van der Waals surface area (Å²) in [6, 6.07) is 1.56. The lowest BCUT2D eigenvalue weighted by Gasteiger charge is -2.53. The maximum absolute atomic E-state index is 5.71. The summed E-state index contributed by atoms with van der Waals surface area (Å²) in [5.74, 6) is 0.980. The average Bonchev–Trinajstić information content (AvgIpc) is 3.28. The summed E-state index contributed by atoms with van der Waals surface area (Å²) in [4.78, 5) is 2.98. The second-order valence-corrected chi connectivity index (χ2v) is 8.09. The van der Waals surface area contributed by atoms with Gasteiger partial charge in [0.1, 0.15) is 0 Å². The summed E-state index contributed by atoms with van der Waals surface area (Å²) < 4.78 is 5.71. The molecule has 1 spiro atoms. The fourth-order valence-corrected chi connectivity index (χ4v) is 5.36. The molecule has 0 amide bonds. The normalized spacial score (nSPS) is 40.7. The molecular formula is C18H32N2O. The summed E-state index contributed by atoms with van der Waals surface area (Å²) in [5.41, 5.74) is 0.492. The van der Waals surface area contributed by atoms with E-state index in [0.29, 0.717) is 11.6 Å². The molecule has 4 aliphatic rings. The van der Waals surface area contributed by atoms with E-state index in [-0.39, 0.29) is 0 Å². The second-order valence-electron chi connectivity index (χ2n) is 8.09. The molecule has 3 unspecified atom stereocenters. The molecule has 0 aromatic rings. The van der Waals surface area contributed by atoms with Crippen molar-refractivity contribution in [3.63, 3.8) is 0 Å². The van der Waals surface area contributed by atoms with Crippen LogP contribution in [0.25, 0.3) is 0 Å². The van der Waals surface area contributed by atoms with Gasteiger partial charge in [0.15, 0.2) is 0 Å². The van der Waals surface area contributed by atoms with Crippen molar-refractivity contribution in [3.8, 4) is 0 Å². The molecule has 3 saturated carbocycles. The fourth-order valence-electron chi connectivity index (χ4n) is 5.36. The number of rotatable bonds is 3. The zero-order valence-electron chi connectivity index (χ0n) is 13.7. The van der Waals surface area contributed by atoms with Gasteiger partial charge in [-0.15, -0.1) is 0 Å². The molecule has 3 aliphatic carbocycles. The van der Waals surface area contributed by atoms with Crippen molar-refractivity contribution in [2.75, 3.05) is 20.2 Å². The molecule has 4 rings (SSSR count). The number of piperazine rings is 1.